The molecule has 0 unspecified atom stereocenters. The van der Waals surface area contributed by atoms with E-state index in [9.17, 15) is 9.59 Å². The molecule has 3 aromatic rings. The molecule has 8 nitrogen and oxygen atoms in total. The van der Waals surface area contributed by atoms with Gasteiger partial charge in [0.2, 0.25) is 5.91 Å². The van der Waals surface area contributed by atoms with Crippen molar-refractivity contribution in [3.8, 4) is 17.2 Å². The summed E-state index contributed by atoms with van der Waals surface area (Å²) in [5, 5.41) is 0. The number of fused-ring (bicyclic) bond motifs is 4. The van der Waals surface area contributed by atoms with Gasteiger partial charge in [-0.25, -0.2) is 0 Å². The van der Waals surface area contributed by atoms with E-state index in [1.165, 1.54) is 0 Å². The van der Waals surface area contributed by atoms with Gasteiger partial charge in [0.1, 0.15) is 5.75 Å². The first kappa shape index (κ1) is 25.1. The predicted molar refractivity (Wildman–Crippen MR) is 148 cm³/mol. The lowest BCUT2D eigenvalue weighted by molar-refractivity contribution is -0.135. The zero-order valence-corrected chi connectivity index (χ0v) is 22.6. The molecule has 1 fully saturated rings. The maximum atomic E-state index is 14.4. The lowest BCUT2D eigenvalue weighted by Gasteiger charge is -2.47. The lowest BCUT2D eigenvalue weighted by atomic mass is 9.75. The number of carbonyl (C=O) groups excluding carboxylic acids is 2. The second-order valence-corrected chi connectivity index (χ2v) is 10.1. The first-order chi connectivity index (χ1) is 19.0. The number of anilines is 1. The van der Waals surface area contributed by atoms with E-state index in [2.05, 4.69) is 11.0 Å². The molecule has 0 spiro atoms. The molecule has 0 saturated carbocycles. The number of nitrogens with zero attached hydrogens (tertiary/aromatic N) is 3. The van der Waals surface area contributed by atoms with Gasteiger partial charge >= 0.3 is 0 Å². The van der Waals surface area contributed by atoms with Crippen LogP contribution >= 0.6 is 0 Å². The van der Waals surface area contributed by atoms with Crippen LogP contribution < -0.4 is 19.1 Å². The molecule has 3 aliphatic heterocycles. The van der Waals surface area contributed by atoms with Gasteiger partial charge < -0.3 is 28.9 Å². The second-order valence-electron chi connectivity index (χ2n) is 10.1. The third kappa shape index (κ3) is 4.15. The summed E-state index contributed by atoms with van der Waals surface area (Å²) in [4.78, 5) is 34.2. The van der Waals surface area contributed by atoms with Crippen molar-refractivity contribution in [1.29, 1.82) is 0 Å². The summed E-state index contributed by atoms with van der Waals surface area (Å²) in [6.45, 7) is 3.14. The highest BCUT2D eigenvalue weighted by Gasteiger charge is 2.48. The second kappa shape index (κ2) is 10.2. The van der Waals surface area contributed by atoms with Crippen molar-refractivity contribution in [2.75, 3.05) is 59.0 Å². The van der Waals surface area contributed by atoms with Crippen LogP contribution in [0.2, 0.25) is 0 Å². The molecular weight excluding hydrogens is 494 g/mol. The molecule has 2 atom stereocenters. The fourth-order valence-electron chi connectivity index (χ4n) is 6.38. The molecule has 2 amide bonds. The van der Waals surface area contributed by atoms with Crippen molar-refractivity contribution in [2.24, 2.45) is 0 Å². The molecule has 3 aliphatic rings. The molecule has 8 heteroatoms. The van der Waals surface area contributed by atoms with E-state index < -0.39 is 12.0 Å². The Bertz CT molecular complexity index is 1420. The van der Waals surface area contributed by atoms with Gasteiger partial charge in [-0.05, 0) is 53.4 Å². The Kier molecular flexibility index (Phi) is 6.54. The molecule has 39 heavy (non-hydrogen) atoms. The first-order valence-electron chi connectivity index (χ1n) is 13.4. The third-order valence-corrected chi connectivity index (χ3v) is 8.31. The maximum absolute atomic E-state index is 14.4. The Morgan fingerprint density at radius 3 is 2.18 bits per heavy atom. The Hall–Kier alpha value is -4.20. The molecule has 0 bridgehead atoms. The van der Waals surface area contributed by atoms with Crippen LogP contribution in [0.1, 0.15) is 39.0 Å². The summed E-state index contributed by atoms with van der Waals surface area (Å²) in [6, 6.07) is 19.1. The number of hydrogen-bond acceptors (Lipinski definition) is 6. The zero-order valence-electron chi connectivity index (χ0n) is 22.6. The number of hydrogen-bond donors (Lipinski definition) is 0. The van der Waals surface area contributed by atoms with Crippen molar-refractivity contribution in [3.63, 3.8) is 0 Å². The summed E-state index contributed by atoms with van der Waals surface area (Å²) >= 11 is 0. The van der Waals surface area contributed by atoms with Gasteiger partial charge in [0.25, 0.3) is 5.91 Å². The van der Waals surface area contributed by atoms with E-state index in [4.69, 9.17) is 14.2 Å². The number of piperazine rings is 1. The smallest absolute Gasteiger partial charge is 0.254 e. The molecule has 6 rings (SSSR count). The topological polar surface area (TPSA) is 71.5 Å². The van der Waals surface area contributed by atoms with Gasteiger partial charge in [-0.15, -0.1) is 0 Å². The van der Waals surface area contributed by atoms with Gasteiger partial charge in [0.05, 0.1) is 39.0 Å². The Labute approximate surface area is 228 Å². The number of ether oxygens (including phenoxy) is 3. The molecule has 202 valence electrons. The van der Waals surface area contributed by atoms with Gasteiger partial charge in [-0.3, -0.25) is 9.59 Å². The summed E-state index contributed by atoms with van der Waals surface area (Å²) in [6.07, 6.45) is 0.693. The minimum absolute atomic E-state index is 0.0268. The Morgan fingerprint density at radius 1 is 0.769 bits per heavy atom. The van der Waals surface area contributed by atoms with Crippen LogP contribution in [0.4, 0.5) is 5.69 Å². The van der Waals surface area contributed by atoms with Crippen LogP contribution in [0.25, 0.3) is 0 Å². The lowest BCUT2D eigenvalue weighted by Crippen LogP contribution is -2.54. The maximum Gasteiger partial charge on any atom is 0.254 e. The molecule has 3 heterocycles. The SMILES string of the molecule is COc1cc2c(cc1OC)[C@H]1[C@H](C(=O)N3CCN(c4ccccc4OC)CC3)c3ccccc3C(=O)N1CC2. The van der Waals surface area contributed by atoms with Gasteiger partial charge in [0.15, 0.2) is 11.5 Å². The van der Waals surface area contributed by atoms with Crippen molar-refractivity contribution in [2.45, 2.75) is 18.4 Å². The number of methoxy groups -OCH3 is 3. The molecule has 0 aromatic heterocycles. The van der Waals surface area contributed by atoms with Gasteiger partial charge in [0, 0.05) is 38.3 Å². The van der Waals surface area contributed by atoms with E-state index in [0.29, 0.717) is 56.2 Å². The molecular formula is C31H33N3O5. The van der Waals surface area contributed by atoms with Crippen LogP contribution in [0.5, 0.6) is 17.2 Å². The van der Waals surface area contributed by atoms with Crippen LogP contribution in [-0.4, -0.2) is 75.7 Å². The fourth-order valence-corrected chi connectivity index (χ4v) is 6.38. The molecule has 0 aliphatic carbocycles. The van der Waals surface area contributed by atoms with Crippen LogP contribution in [0.3, 0.4) is 0 Å². The Balaban J connectivity index is 1.36. The van der Waals surface area contributed by atoms with E-state index in [0.717, 1.165) is 28.1 Å². The first-order valence-corrected chi connectivity index (χ1v) is 13.4. The van der Waals surface area contributed by atoms with Crippen LogP contribution in [0.15, 0.2) is 60.7 Å². The summed E-state index contributed by atoms with van der Waals surface area (Å²) in [5.41, 5.74) is 4.48. The Morgan fingerprint density at radius 2 is 1.44 bits per heavy atom. The molecule has 1 saturated heterocycles. The van der Waals surface area contributed by atoms with Crippen LogP contribution in [-0.2, 0) is 11.2 Å². The highest BCUT2D eigenvalue weighted by Crippen LogP contribution is 2.49. The molecule has 0 N–H and O–H groups in total. The predicted octanol–water partition coefficient (Wildman–Crippen LogP) is 3.90. The average Bonchev–Trinajstić information content (AvgIpc) is 3.00. The summed E-state index contributed by atoms with van der Waals surface area (Å²) < 4.78 is 16.7. The average molecular weight is 528 g/mol. The highest BCUT2D eigenvalue weighted by atomic mass is 16.5. The quantitative estimate of drug-likeness (QED) is 0.501. The van der Waals surface area contributed by atoms with Crippen molar-refractivity contribution in [3.05, 3.63) is 82.9 Å². The fraction of sp³-hybridized carbons (Fsp3) is 0.355. The van der Waals surface area contributed by atoms with E-state index >= 15 is 0 Å². The number of carbonyl (C=O) groups is 2. The van der Waals surface area contributed by atoms with Gasteiger partial charge in [-0.2, -0.15) is 0 Å². The van der Waals surface area contributed by atoms with Gasteiger partial charge in [-0.1, -0.05) is 30.3 Å². The normalized spacial score (nSPS) is 20.1. The summed E-state index contributed by atoms with van der Waals surface area (Å²) in [5.74, 6) is 1.60. The van der Waals surface area contributed by atoms with Crippen molar-refractivity contribution in [1.82, 2.24) is 9.80 Å². The number of rotatable bonds is 5. The third-order valence-electron chi connectivity index (χ3n) is 8.31. The monoisotopic (exact) mass is 527 g/mol. The standard InChI is InChI=1S/C31H33N3O5/c1-37-25-11-7-6-10-24(25)32-14-16-33(17-15-32)31(36)28-21-8-4-5-9-22(21)30(35)34-13-12-20-18-26(38-2)27(39-3)19-23(20)29(28)34/h4-11,18-19,28-29H,12-17H2,1-3H3/t28-,29+/m1/s1. The van der Waals surface area contributed by atoms with Crippen molar-refractivity contribution >= 4 is 17.5 Å². The van der Waals surface area contributed by atoms with E-state index in [-0.39, 0.29) is 11.8 Å². The largest absolute Gasteiger partial charge is 0.495 e. The molecule has 3 aromatic carbocycles. The minimum Gasteiger partial charge on any atom is -0.495 e. The number of benzene rings is 3. The zero-order chi connectivity index (χ0) is 27.1. The van der Waals surface area contributed by atoms with E-state index in [1.807, 2.05) is 64.4 Å². The number of para-hydroxylation sites is 2. The summed E-state index contributed by atoms with van der Waals surface area (Å²) in [7, 11) is 4.91. The molecule has 0 radical (unpaired) electrons. The van der Waals surface area contributed by atoms with Crippen molar-refractivity contribution < 1.29 is 23.8 Å². The minimum atomic E-state index is -0.506. The van der Waals surface area contributed by atoms with Crippen LogP contribution in [0, 0.1) is 0 Å². The number of amides is 2. The van der Waals surface area contributed by atoms with E-state index in [1.54, 1.807) is 21.3 Å². The highest BCUT2D eigenvalue weighted by molar-refractivity contribution is 6.01.